The summed E-state index contributed by atoms with van der Waals surface area (Å²) in [6, 6.07) is 8.91. The van der Waals surface area contributed by atoms with Crippen LogP contribution in [0.3, 0.4) is 0 Å². The molecule has 0 aliphatic carbocycles. The van der Waals surface area contributed by atoms with Gasteiger partial charge in [-0.05, 0) is 68.9 Å². The van der Waals surface area contributed by atoms with Gasteiger partial charge in [0.1, 0.15) is 0 Å². The van der Waals surface area contributed by atoms with E-state index in [2.05, 4.69) is 96.8 Å². The Balaban J connectivity index is 1.96. The van der Waals surface area contributed by atoms with Crippen molar-refractivity contribution in [3.63, 3.8) is 0 Å². The number of rotatable bonds is 10. The first-order valence-electron chi connectivity index (χ1n) is 12.0. The Morgan fingerprint density at radius 2 is 1.43 bits per heavy atom. The van der Waals surface area contributed by atoms with Crippen molar-refractivity contribution in [1.82, 2.24) is 10.2 Å². The zero-order valence-corrected chi connectivity index (χ0v) is 21.3. The first-order chi connectivity index (χ1) is 13.8. The highest BCUT2D eigenvalue weighted by molar-refractivity contribution is 5.26. The van der Waals surface area contributed by atoms with Gasteiger partial charge in [-0.3, -0.25) is 4.90 Å². The lowest BCUT2D eigenvalue weighted by Gasteiger charge is -2.50. The van der Waals surface area contributed by atoms with Gasteiger partial charge in [0.2, 0.25) is 0 Å². The number of nitrogens with one attached hydrogen (secondary N) is 1. The van der Waals surface area contributed by atoms with Gasteiger partial charge in [-0.25, -0.2) is 0 Å². The van der Waals surface area contributed by atoms with Crippen molar-refractivity contribution >= 4 is 0 Å². The maximum atomic E-state index is 6.45. The average Bonchev–Trinajstić information content (AvgIpc) is 2.67. The third-order valence-corrected chi connectivity index (χ3v) is 7.93. The van der Waals surface area contributed by atoms with Crippen molar-refractivity contribution in [3.05, 3.63) is 35.4 Å². The monoisotopic (exact) mass is 416 g/mol. The van der Waals surface area contributed by atoms with Crippen molar-refractivity contribution in [3.8, 4) is 0 Å². The molecule has 0 aromatic heterocycles. The van der Waals surface area contributed by atoms with E-state index < -0.39 is 0 Å². The molecule has 0 unspecified atom stereocenters. The average molecular weight is 417 g/mol. The molecule has 1 aliphatic heterocycles. The van der Waals surface area contributed by atoms with Crippen LogP contribution in [0.15, 0.2) is 24.3 Å². The molecule has 1 saturated heterocycles. The third kappa shape index (κ3) is 6.31. The Morgan fingerprint density at radius 3 is 1.97 bits per heavy atom. The van der Waals surface area contributed by atoms with Crippen molar-refractivity contribution < 1.29 is 4.74 Å². The molecule has 0 spiro atoms. The number of piperazine rings is 1. The number of aryl methyl sites for hydroxylation is 1. The van der Waals surface area contributed by atoms with Gasteiger partial charge in [0.25, 0.3) is 0 Å². The molecule has 3 nitrogen and oxygen atoms in total. The molecule has 1 aliphatic rings. The van der Waals surface area contributed by atoms with E-state index in [1.54, 1.807) is 0 Å². The quantitative estimate of drug-likeness (QED) is 0.505. The van der Waals surface area contributed by atoms with Crippen LogP contribution in [0.25, 0.3) is 0 Å². The summed E-state index contributed by atoms with van der Waals surface area (Å²) in [5, 5.41) is 3.48. The van der Waals surface area contributed by atoms with Crippen LogP contribution in [0.1, 0.15) is 86.3 Å². The summed E-state index contributed by atoms with van der Waals surface area (Å²) in [6.07, 6.45) is 3.33. The van der Waals surface area contributed by atoms with E-state index in [-0.39, 0.29) is 22.0 Å². The zero-order valence-electron chi connectivity index (χ0n) is 21.3. The molecule has 1 aromatic rings. The molecule has 172 valence electrons. The molecule has 0 atom stereocenters. The highest BCUT2D eigenvalue weighted by Gasteiger charge is 2.42. The van der Waals surface area contributed by atoms with Crippen LogP contribution in [-0.4, -0.2) is 43.2 Å². The predicted octanol–water partition coefficient (Wildman–Crippen LogP) is 6.02. The van der Waals surface area contributed by atoms with Gasteiger partial charge >= 0.3 is 0 Å². The molecule has 1 aromatic carbocycles. The summed E-state index contributed by atoms with van der Waals surface area (Å²) >= 11 is 0. The van der Waals surface area contributed by atoms with Crippen LogP contribution in [-0.2, 0) is 16.8 Å². The maximum absolute atomic E-state index is 6.45. The molecule has 1 heterocycles. The Hall–Kier alpha value is -0.900. The molecule has 0 radical (unpaired) electrons. The zero-order chi connectivity index (χ0) is 22.6. The van der Waals surface area contributed by atoms with E-state index >= 15 is 0 Å². The molecular weight excluding hydrogens is 368 g/mol. The Bertz CT molecular complexity index is 652. The molecule has 1 N–H and O–H groups in total. The minimum atomic E-state index is -0.257. The molecule has 2 rings (SSSR count). The molecule has 1 fully saturated rings. The van der Waals surface area contributed by atoms with Crippen LogP contribution in [0, 0.1) is 10.8 Å². The molecule has 0 saturated carbocycles. The fraction of sp³-hybridized carbons (Fsp3) is 0.778. The van der Waals surface area contributed by atoms with Crippen LogP contribution >= 0.6 is 0 Å². The molecular formula is C27H48N2O. The number of hydrogen-bond acceptors (Lipinski definition) is 3. The second-order valence-electron chi connectivity index (χ2n) is 11.7. The van der Waals surface area contributed by atoms with Crippen LogP contribution < -0.4 is 5.32 Å². The Kier molecular flexibility index (Phi) is 8.21. The van der Waals surface area contributed by atoms with E-state index in [9.17, 15) is 0 Å². The first kappa shape index (κ1) is 25.4. The lowest BCUT2D eigenvalue weighted by Crippen LogP contribution is -2.55. The number of ether oxygens (including phenoxy) is 1. The summed E-state index contributed by atoms with van der Waals surface area (Å²) in [5.41, 5.74) is 3.01. The first-order valence-corrected chi connectivity index (χ1v) is 12.0. The lowest BCUT2D eigenvalue weighted by molar-refractivity contribution is -0.0567. The van der Waals surface area contributed by atoms with Gasteiger partial charge < -0.3 is 10.1 Å². The molecule has 0 amide bonds. The van der Waals surface area contributed by atoms with E-state index in [4.69, 9.17) is 4.74 Å². The third-order valence-electron chi connectivity index (χ3n) is 7.93. The smallest absolute Gasteiger partial charge is 0.0875 e. The number of hydrogen-bond donors (Lipinski definition) is 1. The lowest BCUT2D eigenvalue weighted by atomic mass is 9.61. The standard InChI is InChI=1S/C27H48N2O/c1-10-22-11-13-23(14-12-22)27(8,9)30-20-15-24(2,3)25(4,5)21-26(6,7)29-18-16-28-17-19-29/h11-14,28H,10,15-21H2,1-9H3. The summed E-state index contributed by atoms with van der Waals surface area (Å²) < 4.78 is 6.45. The van der Waals surface area contributed by atoms with Crippen molar-refractivity contribution in [2.45, 2.75) is 92.7 Å². The summed E-state index contributed by atoms with van der Waals surface area (Å²) in [4.78, 5) is 2.67. The van der Waals surface area contributed by atoms with Gasteiger partial charge in [0.15, 0.2) is 0 Å². The van der Waals surface area contributed by atoms with Crippen LogP contribution in [0.4, 0.5) is 0 Å². The number of benzene rings is 1. The second-order valence-corrected chi connectivity index (χ2v) is 11.7. The predicted molar refractivity (Wildman–Crippen MR) is 130 cm³/mol. The fourth-order valence-corrected chi connectivity index (χ4v) is 4.83. The molecule has 30 heavy (non-hydrogen) atoms. The minimum absolute atomic E-state index is 0.195. The Labute approximate surface area is 187 Å². The van der Waals surface area contributed by atoms with E-state index in [0.29, 0.717) is 0 Å². The molecule has 0 bridgehead atoms. The van der Waals surface area contributed by atoms with E-state index in [1.165, 1.54) is 17.5 Å². The molecule has 3 heteroatoms. The summed E-state index contributed by atoms with van der Waals surface area (Å²) in [5.74, 6) is 0. The minimum Gasteiger partial charge on any atom is -0.371 e. The highest BCUT2D eigenvalue weighted by Crippen LogP contribution is 2.47. The summed E-state index contributed by atoms with van der Waals surface area (Å²) in [6.45, 7) is 26.5. The van der Waals surface area contributed by atoms with E-state index in [0.717, 1.165) is 45.6 Å². The maximum Gasteiger partial charge on any atom is 0.0875 e. The largest absolute Gasteiger partial charge is 0.371 e. The van der Waals surface area contributed by atoms with Crippen molar-refractivity contribution in [2.24, 2.45) is 10.8 Å². The van der Waals surface area contributed by atoms with Crippen LogP contribution in [0.2, 0.25) is 0 Å². The highest BCUT2D eigenvalue weighted by atomic mass is 16.5. The van der Waals surface area contributed by atoms with Gasteiger partial charge in [-0.2, -0.15) is 0 Å². The van der Waals surface area contributed by atoms with Crippen LogP contribution in [0.5, 0.6) is 0 Å². The van der Waals surface area contributed by atoms with Crippen molar-refractivity contribution in [1.29, 1.82) is 0 Å². The van der Waals surface area contributed by atoms with Gasteiger partial charge in [0.05, 0.1) is 5.60 Å². The number of nitrogens with zero attached hydrogens (tertiary/aromatic N) is 1. The summed E-state index contributed by atoms with van der Waals surface area (Å²) in [7, 11) is 0. The second kappa shape index (κ2) is 9.71. The van der Waals surface area contributed by atoms with Gasteiger partial charge in [0, 0.05) is 38.3 Å². The normalized spacial score (nSPS) is 17.4. The van der Waals surface area contributed by atoms with Crippen molar-refractivity contribution in [2.75, 3.05) is 32.8 Å². The van der Waals surface area contributed by atoms with Gasteiger partial charge in [-0.15, -0.1) is 0 Å². The van der Waals surface area contributed by atoms with E-state index in [1.807, 2.05) is 0 Å². The topological polar surface area (TPSA) is 24.5 Å². The fourth-order valence-electron chi connectivity index (χ4n) is 4.83. The Morgan fingerprint density at radius 1 is 0.867 bits per heavy atom. The SMILES string of the molecule is CCc1ccc(C(C)(C)OCCC(C)(C)C(C)(C)CC(C)(C)N2CCNCC2)cc1. The van der Waals surface area contributed by atoms with Gasteiger partial charge in [-0.1, -0.05) is 58.9 Å².